The van der Waals surface area contributed by atoms with Crippen LogP contribution in [0.1, 0.15) is 25.8 Å². The Morgan fingerprint density at radius 3 is 2.38 bits per heavy atom. The smallest absolute Gasteiger partial charge is 0.309 e. The topological polar surface area (TPSA) is 120 Å². The van der Waals surface area contributed by atoms with Crippen molar-refractivity contribution in [2.75, 3.05) is 19.4 Å². The molecule has 0 fully saturated rings. The van der Waals surface area contributed by atoms with Crippen LogP contribution in [0, 0.1) is 10.1 Å². The standard InChI is InChI=1S/C14H20N3O6P/c1-3-22-24(21,23-4-2)10-9-14(18)16-15-11-12-5-7-13(8-6-12)17(19)20/h5-8,11H,3-4,9-10H2,1-2H3,(H,16,18)/b15-11-. The molecule has 0 aliphatic rings. The summed E-state index contributed by atoms with van der Waals surface area (Å²) < 4.78 is 22.4. The van der Waals surface area contributed by atoms with Gasteiger partial charge in [0, 0.05) is 18.6 Å². The summed E-state index contributed by atoms with van der Waals surface area (Å²) in [4.78, 5) is 21.7. The monoisotopic (exact) mass is 357 g/mol. The van der Waals surface area contributed by atoms with E-state index in [0.717, 1.165) is 0 Å². The van der Waals surface area contributed by atoms with Gasteiger partial charge in [-0.3, -0.25) is 19.5 Å². The number of hydrogen-bond donors (Lipinski definition) is 1. The SMILES string of the molecule is CCOP(=O)(CCC(=O)N/N=C\c1ccc([N+](=O)[O-])cc1)OCC. The highest BCUT2D eigenvalue weighted by Gasteiger charge is 2.24. The number of non-ortho nitro benzene ring substituents is 1. The Bertz CT molecular complexity index is 622. The van der Waals surface area contributed by atoms with Crippen LogP contribution >= 0.6 is 7.60 Å². The van der Waals surface area contributed by atoms with Crippen LogP contribution in [-0.4, -0.2) is 36.4 Å². The lowest BCUT2D eigenvalue weighted by Gasteiger charge is -2.16. The van der Waals surface area contributed by atoms with Gasteiger partial charge in [-0.2, -0.15) is 5.10 Å². The zero-order chi connectivity index (χ0) is 18.0. The molecule has 1 N–H and O–H groups in total. The minimum atomic E-state index is -3.25. The number of amides is 1. The first-order valence-electron chi connectivity index (χ1n) is 7.34. The van der Waals surface area contributed by atoms with Crippen molar-refractivity contribution in [3.8, 4) is 0 Å². The minimum Gasteiger partial charge on any atom is -0.309 e. The molecule has 0 spiro atoms. The first-order valence-corrected chi connectivity index (χ1v) is 9.07. The first-order chi connectivity index (χ1) is 11.4. The van der Waals surface area contributed by atoms with E-state index in [0.29, 0.717) is 5.56 Å². The molecule has 1 aromatic carbocycles. The highest BCUT2D eigenvalue weighted by Crippen LogP contribution is 2.48. The van der Waals surface area contributed by atoms with Gasteiger partial charge in [-0.05, 0) is 31.5 Å². The summed E-state index contributed by atoms with van der Waals surface area (Å²) in [5.74, 6) is -0.437. The predicted octanol–water partition coefficient (Wildman–Crippen LogP) is 2.70. The quantitative estimate of drug-likeness (QED) is 0.297. The van der Waals surface area contributed by atoms with Crippen molar-refractivity contribution >= 4 is 25.4 Å². The second-order valence-corrected chi connectivity index (χ2v) is 6.75. The third-order valence-electron chi connectivity index (χ3n) is 2.77. The second-order valence-electron chi connectivity index (χ2n) is 4.56. The Kier molecular flexibility index (Phi) is 8.25. The van der Waals surface area contributed by atoms with Crippen LogP contribution in [0.2, 0.25) is 0 Å². The van der Waals surface area contributed by atoms with Gasteiger partial charge in [0.1, 0.15) is 0 Å². The number of nitro benzene ring substituents is 1. The van der Waals surface area contributed by atoms with Gasteiger partial charge in [0.05, 0.1) is 30.5 Å². The van der Waals surface area contributed by atoms with Gasteiger partial charge in [0.15, 0.2) is 0 Å². The average Bonchev–Trinajstić information content (AvgIpc) is 2.54. The van der Waals surface area contributed by atoms with Gasteiger partial charge in [0.2, 0.25) is 5.91 Å². The van der Waals surface area contributed by atoms with E-state index in [1.54, 1.807) is 13.8 Å². The Labute approximate surface area is 139 Å². The van der Waals surface area contributed by atoms with Crippen LogP contribution in [0.5, 0.6) is 0 Å². The van der Waals surface area contributed by atoms with E-state index in [2.05, 4.69) is 10.5 Å². The number of nitro groups is 1. The number of nitrogens with one attached hydrogen (secondary N) is 1. The van der Waals surface area contributed by atoms with E-state index in [9.17, 15) is 19.5 Å². The average molecular weight is 357 g/mol. The van der Waals surface area contributed by atoms with Crippen molar-refractivity contribution in [3.63, 3.8) is 0 Å². The molecule has 9 nitrogen and oxygen atoms in total. The molecule has 0 bridgehead atoms. The molecule has 1 amide bonds. The fraction of sp³-hybridized carbons (Fsp3) is 0.429. The summed E-state index contributed by atoms with van der Waals surface area (Å²) >= 11 is 0. The molecule has 0 saturated heterocycles. The largest absolute Gasteiger partial charge is 0.331 e. The maximum absolute atomic E-state index is 12.2. The molecule has 0 saturated carbocycles. The van der Waals surface area contributed by atoms with Crippen molar-refractivity contribution in [1.82, 2.24) is 5.43 Å². The summed E-state index contributed by atoms with van der Waals surface area (Å²) in [6, 6.07) is 5.69. The lowest BCUT2D eigenvalue weighted by Crippen LogP contribution is -2.19. The van der Waals surface area contributed by atoms with Gasteiger partial charge in [0.25, 0.3) is 5.69 Å². The van der Waals surface area contributed by atoms with Crippen LogP contribution in [0.25, 0.3) is 0 Å². The van der Waals surface area contributed by atoms with Crippen LogP contribution in [0.15, 0.2) is 29.4 Å². The number of nitrogens with zero attached hydrogens (tertiary/aromatic N) is 2. The zero-order valence-electron chi connectivity index (χ0n) is 13.5. The molecule has 0 unspecified atom stereocenters. The van der Waals surface area contributed by atoms with Gasteiger partial charge < -0.3 is 9.05 Å². The summed E-state index contributed by atoms with van der Waals surface area (Å²) in [6.45, 7) is 3.86. The highest BCUT2D eigenvalue weighted by atomic mass is 31.2. The van der Waals surface area contributed by atoms with Crippen LogP contribution in [0.4, 0.5) is 5.69 Å². The van der Waals surface area contributed by atoms with Crippen molar-refractivity contribution in [3.05, 3.63) is 39.9 Å². The van der Waals surface area contributed by atoms with E-state index in [4.69, 9.17) is 9.05 Å². The maximum atomic E-state index is 12.2. The number of benzene rings is 1. The van der Waals surface area contributed by atoms with Crippen molar-refractivity contribution in [2.24, 2.45) is 5.10 Å². The molecule has 0 aliphatic carbocycles. The number of hydrogen-bond acceptors (Lipinski definition) is 7. The summed E-state index contributed by atoms with van der Waals surface area (Å²) in [5.41, 5.74) is 2.85. The van der Waals surface area contributed by atoms with Crippen molar-refractivity contribution < 1.29 is 23.3 Å². The van der Waals surface area contributed by atoms with E-state index >= 15 is 0 Å². The summed E-state index contributed by atoms with van der Waals surface area (Å²) in [6.07, 6.45) is 1.26. The number of hydrazone groups is 1. The van der Waals surface area contributed by atoms with Crippen LogP contribution in [0.3, 0.4) is 0 Å². The van der Waals surface area contributed by atoms with E-state index in [-0.39, 0.29) is 31.5 Å². The van der Waals surface area contributed by atoms with Gasteiger partial charge in [-0.25, -0.2) is 5.43 Å². The van der Waals surface area contributed by atoms with E-state index < -0.39 is 18.4 Å². The van der Waals surface area contributed by atoms with Crippen molar-refractivity contribution in [1.29, 1.82) is 0 Å². The summed E-state index contributed by atoms with van der Waals surface area (Å²) in [5, 5.41) is 14.3. The fourth-order valence-corrected chi connectivity index (χ4v) is 3.31. The molecule has 1 aromatic rings. The normalized spacial score (nSPS) is 11.6. The lowest BCUT2D eigenvalue weighted by molar-refractivity contribution is -0.384. The molecule has 24 heavy (non-hydrogen) atoms. The fourth-order valence-electron chi connectivity index (χ4n) is 1.72. The molecule has 0 heterocycles. The minimum absolute atomic E-state index is 0.0289. The first kappa shape index (κ1) is 20.0. The third-order valence-corrected chi connectivity index (χ3v) is 4.85. The number of rotatable bonds is 10. The Morgan fingerprint density at radius 1 is 1.29 bits per heavy atom. The molecule has 0 radical (unpaired) electrons. The number of carbonyl (C=O) groups is 1. The van der Waals surface area contributed by atoms with Crippen LogP contribution in [-0.2, 0) is 18.4 Å². The molecule has 132 valence electrons. The summed E-state index contributed by atoms with van der Waals surface area (Å²) in [7, 11) is -3.25. The molecule has 10 heteroatoms. The maximum Gasteiger partial charge on any atom is 0.331 e. The predicted molar refractivity (Wildman–Crippen MR) is 89.2 cm³/mol. The molecule has 0 atom stereocenters. The molecule has 0 aromatic heterocycles. The lowest BCUT2D eigenvalue weighted by atomic mass is 10.2. The molecule has 1 rings (SSSR count). The Morgan fingerprint density at radius 2 is 1.88 bits per heavy atom. The Balaban J connectivity index is 2.47. The number of carbonyl (C=O) groups excluding carboxylic acids is 1. The van der Waals surface area contributed by atoms with Gasteiger partial charge in [-0.1, -0.05) is 0 Å². The van der Waals surface area contributed by atoms with Gasteiger partial charge >= 0.3 is 7.60 Å². The molecule has 0 aliphatic heterocycles. The third kappa shape index (κ3) is 6.99. The van der Waals surface area contributed by atoms with Crippen molar-refractivity contribution in [2.45, 2.75) is 20.3 Å². The van der Waals surface area contributed by atoms with Crippen LogP contribution < -0.4 is 5.43 Å². The molecular formula is C14H20N3O6P. The highest BCUT2D eigenvalue weighted by molar-refractivity contribution is 7.53. The van der Waals surface area contributed by atoms with E-state index in [1.807, 2.05) is 0 Å². The second kappa shape index (κ2) is 9.92. The Hall–Kier alpha value is -2.09. The zero-order valence-corrected chi connectivity index (χ0v) is 14.4. The molecular weight excluding hydrogens is 337 g/mol. The van der Waals surface area contributed by atoms with Gasteiger partial charge in [-0.15, -0.1) is 0 Å². The van der Waals surface area contributed by atoms with E-state index in [1.165, 1.54) is 30.5 Å².